The largest absolute Gasteiger partial charge is 0.334 e. The Labute approximate surface area is 197 Å². The lowest BCUT2D eigenvalue weighted by Crippen LogP contribution is -2.46. The van der Waals surface area contributed by atoms with E-state index in [0.29, 0.717) is 29.7 Å². The molecule has 2 heterocycles. The molecule has 1 atom stereocenters. The molecular weight excluding hydrogens is 439 g/mol. The molecule has 3 aromatic rings. The number of carbonyl (C=O) groups excluding carboxylic acids is 1. The van der Waals surface area contributed by atoms with E-state index in [0.717, 1.165) is 28.1 Å². The predicted octanol–water partition coefficient (Wildman–Crippen LogP) is 6.14. The van der Waals surface area contributed by atoms with Gasteiger partial charge in [0, 0.05) is 22.7 Å². The van der Waals surface area contributed by atoms with Gasteiger partial charge >= 0.3 is 6.03 Å². The number of hydrogen-bond acceptors (Lipinski definition) is 5. The monoisotopic (exact) mass is 466 g/mol. The van der Waals surface area contributed by atoms with Crippen LogP contribution in [0, 0.1) is 11.7 Å². The number of allylic oxidation sites excluding steroid dienone is 1. The number of benzene rings is 2. The summed E-state index contributed by atoms with van der Waals surface area (Å²) in [6.07, 6.45) is 2.88. The van der Waals surface area contributed by atoms with Crippen molar-refractivity contribution in [3.05, 3.63) is 71.5 Å². The molecule has 0 saturated carbocycles. The zero-order chi connectivity index (χ0) is 23.5. The third kappa shape index (κ3) is 4.95. The van der Waals surface area contributed by atoms with E-state index in [1.165, 1.54) is 12.1 Å². The van der Waals surface area contributed by atoms with Crippen molar-refractivity contribution in [1.82, 2.24) is 20.4 Å². The molecule has 172 valence electrons. The first-order valence-electron chi connectivity index (χ1n) is 10.9. The first-order chi connectivity index (χ1) is 15.9. The molecule has 6 nitrogen and oxygen atoms in total. The maximum atomic E-state index is 13.7. The van der Waals surface area contributed by atoms with Crippen molar-refractivity contribution >= 4 is 23.4 Å². The highest BCUT2D eigenvalue weighted by Crippen LogP contribution is 2.38. The Balaban J connectivity index is 1.78. The smallest absolute Gasteiger partial charge is 0.322 e. The highest BCUT2D eigenvalue weighted by molar-refractivity contribution is 7.98. The van der Waals surface area contributed by atoms with E-state index in [9.17, 15) is 9.18 Å². The number of halogens is 1. The topological polar surface area (TPSA) is 71.3 Å². The number of thioether (sulfide) groups is 1. The highest BCUT2D eigenvalue weighted by Gasteiger charge is 2.35. The van der Waals surface area contributed by atoms with E-state index in [4.69, 9.17) is 4.52 Å². The zero-order valence-corrected chi connectivity index (χ0v) is 19.9. The Morgan fingerprint density at radius 1 is 1.21 bits per heavy atom. The lowest BCUT2D eigenvalue weighted by Gasteiger charge is -2.35. The Hall–Kier alpha value is -3.13. The summed E-state index contributed by atoms with van der Waals surface area (Å²) in [6, 6.07) is 13.5. The quantitative estimate of drug-likeness (QED) is 0.424. The summed E-state index contributed by atoms with van der Waals surface area (Å²) >= 11 is 1.66. The summed E-state index contributed by atoms with van der Waals surface area (Å²) in [5.41, 5.74) is 2.96. The first-order valence-corrected chi connectivity index (χ1v) is 12.1. The molecule has 1 N–H and O–H groups in total. The van der Waals surface area contributed by atoms with Crippen molar-refractivity contribution in [3.63, 3.8) is 0 Å². The third-order valence-electron chi connectivity index (χ3n) is 5.71. The van der Waals surface area contributed by atoms with Crippen molar-refractivity contribution < 1.29 is 13.7 Å². The number of nitrogens with one attached hydrogen (secondary N) is 1. The highest BCUT2D eigenvalue weighted by atomic mass is 32.2. The third-order valence-corrected chi connectivity index (χ3v) is 6.46. The van der Waals surface area contributed by atoms with Gasteiger partial charge in [0.1, 0.15) is 5.82 Å². The van der Waals surface area contributed by atoms with E-state index in [1.54, 1.807) is 28.8 Å². The van der Waals surface area contributed by atoms with E-state index in [-0.39, 0.29) is 11.8 Å². The van der Waals surface area contributed by atoms with Gasteiger partial charge in [-0.2, -0.15) is 4.98 Å². The molecule has 0 bridgehead atoms. The Morgan fingerprint density at radius 3 is 2.64 bits per heavy atom. The number of aromatic nitrogens is 2. The predicted molar refractivity (Wildman–Crippen MR) is 128 cm³/mol. The molecule has 0 fully saturated rings. The van der Waals surface area contributed by atoms with Crippen LogP contribution in [0.2, 0.25) is 0 Å². The van der Waals surface area contributed by atoms with E-state index >= 15 is 0 Å². The second-order valence-electron chi connectivity index (χ2n) is 8.42. The summed E-state index contributed by atoms with van der Waals surface area (Å²) in [5.74, 6) is 0.687. The van der Waals surface area contributed by atoms with Gasteiger partial charge in [-0.3, -0.25) is 4.90 Å². The van der Waals surface area contributed by atoms with Crippen molar-refractivity contribution in [1.29, 1.82) is 0 Å². The van der Waals surface area contributed by atoms with Gasteiger partial charge < -0.3 is 9.84 Å². The molecular formula is C25H27FN4O2S. The van der Waals surface area contributed by atoms with Crippen LogP contribution in [0.4, 0.5) is 9.18 Å². The summed E-state index contributed by atoms with van der Waals surface area (Å²) < 4.78 is 19.4. The second-order valence-corrected chi connectivity index (χ2v) is 9.30. The maximum Gasteiger partial charge on any atom is 0.322 e. The van der Waals surface area contributed by atoms with Gasteiger partial charge in [-0.25, -0.2) is 9.18 Å². The van der Waals surface area contributed by atoms with Crippen molar-refractivity contribution in [2.75, 3.05) is 12.8 Å². The molecule has 2 aromatic carbocycles. The first kappa shape index (κ1) is 23.0. The minimum absolute atomic E-state index is 0.152. The van der Waals surface area contributed by atoms with Crippen molar-refractivity contribution in [2.24, 2.45) is 5.92 Å². The molecule has 0 spiro atoms. The molecule has 1 aromatic heterocycles. The molecule has 33 heavy (non-hydrogen) atoms. The van der Waals surface area contributed by atoms with E-state index in [2.05, 4.69) is 29.3 Å². The van der Waals surface area contributed by atoms with Crippen LogP contribution in [-0.4, -0.2) is 33.9 Å². The van der Waals surface area contributed by atoms with E-state index in [1.807, 2.05) is 37.4 Å². The number of nitrogens with zero attached hydrogens (tertiary/aromatic N) is 3. The van der Waals surface area contributed by atoms with Gasteiger partial charge in [-0.15, -0.1) is 11.8 Å². The van der Waals surface area contributed by atoms with Crippen LogP contribution in [0.5, 0.6) is 0 Å². The standard InChI is InChI=1S/C25H27FN4O2S/c1-15(2)12-13-30-16(3)21(22(27-25(30)31)17-8-10-20(33-4)11-9-17)24-28-23(29-32-24)18-6-5-7-19(26)14-18/h5-11,14-15,22H,12-13H2,1-4H3,(H,27,31). The molecule has 1 aliphatic heterocycles. The van der Waals surface area contributed by atoms with Crippen LogP contribution in [0.25, 0.3) is 17.0 Å². The number of amides is 2. The summed E-state index contributed by atoms with van der Waals surface area (Å²) in [4.78, 5) is 20.5. The molecule has 0 aliphatic carbocycles. The van der Waals surface area contributed by atoms with Crippen LogP contribution >= 0.6 is 11.8 Å². The molecule has 8 heteroatoms. The average Bonchev–Trinajstić information content (AvgIpc) is 3.28. The summed E-state index contributed by atoms with van der Waals surface area (Å²) in [7, 11) is 0. The van der Waals surface area contributed by atoms with Crippen LogP contribution in [0.3, 0.4) is 0 Å². The Morgan fingerprint density at radius 2 is 1.97 bits per heavy atom. The van der Waals surface area contributed by atoms with Gasteiger partial charge in [-0.05, 0) is 55.3 Å². The molecule has 2 amide bonds. The lowest BCUT2D eigenvalue weighted by molar-refractivity contribution is 0.202. The molecule has 0 saturated heterocycles. The minimum Gasteiger partial charge on any atom is -0.334 e. The van der Waals surface area contributed by atoms with Crippen molar-refractivity contribution in [3.8, 4) is 11.4 Å². The fraction of sp³-hybridized carbons (Fsp3) is 0.320. The normalized spacial score (nSPS) is 16.5. The van der Waals surface area contributed by atoms with Gasteiger partial charge in [-0.1, -0.05) is 43.3 Å². The fourth-order valence-electron chi connectivity index (χ4n) is 3.84. The molecule has 1 unspecified atom stereocenters. The van der Waals surface area contributed by atoms with E-state index < -0.39 is 6.04 Å². The Kier molecular flexibility index (Phi) is 6.83. The lowest BCUT2D eigenvalue weighted by atomic mass is 9.94. The maximum absolute atomic E-state index is 13.7. The van der Waals surface area contributed by atoms with Crippen LogP contribution in [0.15, 0.2) is 63.6 Å². The molecule has 4 rings (SSSR count). The fourth-order valence-corrected chi connectivity index (χ4v) is 4.25. The summed E-state index contributed by atoms with van der Waals surface area (Å²) in [6.45, 7) is 6.74. The van der Waals surface area contributed by atoms with Gasteiger partial charge in [0.05, 0.1) is 11.6 Å². The van der Waals surface area contributed by atoms with Gasteiger partial charge in [0.25, 0.3) is 5.89 Å². The Bertz CT molecular complexity index is 1170. The van der Waals surface area contributed by atoms with Crippen LogP contribution < -0.4 is 5.32 Å². The van der Waals surface area contributed by atoms with Gasteiger partial charge in [0.15, 0.2) is 0 Å². The molecule has 0 radical (unpaired) electrons. The second kappa shape index (κ2) is 9.79. The van der Waals surface area contributed by atoms with Crippen molar-refractivity contribution in [2.45, 2.75) is 38.1 Å². The average molecular weight is 467 g/mol. The summed E-state index contributed by atoms with van der Waals surface area (Å²) in [5, 5.41) is 7.21. The number of hydrogen-bond donors (Lipinski definition) is 1. The number of carbonyl (C=O) groups is 1. The van der Waals surface area contributed by atoms with Crippen LogP contribution in [0.1, 0.15) is 44.7 Å². The minimum atomic E-state index is -0.440. The SMILES string of the molecule is CSc1ccc(C2NC(=O)N(CCC(C)C)C(C)=C2c2nc(-c3cccc(F)c3)no2)cc1. The number of rotatable bonds is 7. The molecule has 1 aliphatic rings. The number of urea groups is 1. The zero-order valence-electron chi connectivity index (χ0n) is 19.1. The van der Waals surface area contributed by atoms with Gasteiger partial charge in [0.2, 0.25) is 5.82 Å². The van der Waals surface area contributed by atoms with Crippen LogP contribution in [-0.2, 0) is 0 Å².